The average molecular weight is 271 g/mol. The Balaban J connectivity index is 2.48. The van der Waals surface area contributed by atoms with Gasteiger partial charge in [0.2, 0.25) is 0 Å². The molecular weight excluding hydrogens is 250 g/mol. The summed E-state index contributed by atoms with van der Waals surface area (Å²) in [4.78, 5) is 21.5. The van der Waals surface area contributed by atoms with Crippen molar-refractivity contribution in [2.24, 2.45) is 0 Å². The third-order valence-electron chi connectivity index (χ3n) is 3.34. The van der Waals surface area contributed by atoms with Crippen LogP contribution < -0.4 is 10.5 Å². The topological polar surface area (TPSA) is 49.0 Å². The lowest BCUT2D eigenvalue weighted by Crippen LogP contribution is -2.16. The molecule has 0 unspecified atom stereocenters. The largest absolute Gasteiger partial charge is 0.378 e. The zero-order valence-electron chi connectivity index (χ0n) is 12.5. The van der Waals surface area contributed by atoms with Crippen LogP contribution in [0.3, 0.4) is 0 Å². The number of nitrogens with one attached hydrogen (secondary N) is 1. The molecule has 2 rings (SSSR count). The first kappa shape index (κ1) is 14.3. The van der Waals surface area contributed by atoms with Crippen molar-refractivity contribution in [2.75, 3.05) is 19.0 Å². The van der Waals surface area contributed by atoms with E-state index >= 15 is 0 Å². The molecule has 0 fully saturated rings. The molecule has 4 nitrogen and oxygen atoms in total. The highest BCUT2D eigenvalue weighted by Crippen LogP contribution is 2.22. The predicted molar refractivity (Wildman–Crippen MR) is 83.4 cm³/mol. The third kappa shape index (κ3) is 2.90. The second-order valence-electron chi connectivity index (χ2n) is 5.18. The third-order valence-corrected chi connectivity index (χ3v) is 3.34. The van der Waals surface area contributed by atoms with E-state index in [1.54, 1.807) is 0 Å². The normalized spacial score (nSPS) is 10.6. The highest BCUT2D eigenvalue weighted by atomic mass is 16.1. The quantitative estimate of drug-likeness (QED) is 0.930. The second-order valence-corrected chi connectivity index (χ2v) is 5.18. The van der Waals surface area contributed by atoms with E-state index in [1.165, 1.54) is 0 Å². The Hall–Kier alpha value is -2.10. The van der Waals surface area contributed by atoms with E-state index in [1.807, 2.05) is 50.2 Å². The van der Waals surface area contributed by atoms with Crippen LogP contribution in [0.2, 0.25) is 0 Å². The molecule has 0 atom stereocenters. The molecule has 0 aliphatic heterocycles. The van der Waals surface area contributed by atoms with Crippen molar-refractivity contribution < 1.29 is 0 Å². The summed E-state index contributed by atoms with van der Waals surface area (Å²) in [6.07, 6.45) is 1.75. The van der Waals surface area contributed by atoms with Crippen LogP contribution in [-0.4, -0.2) is 24.1 Å². The maximum Gasteiger partial charge on any atom is 0.254 e. The average Bonchev–Trinajstić information content (AvgIpc) is 2.43. The van der Waals surface area contributed by atoms with E-state index in [2.05, 4.69) is 16.9 Å². The smallest absolute Gasteiger partial charge is 0.254 e. The van der Waals surface area contributed by atoms with Crippen LogP contribution in [0.15, 0.2) is 29.1 Å². The molecular formula is C16H21N3O. The summed E-state index contributed by atoms with van der Waals surface area (Å²) in [5.41, 5.74) is 3.52. The van der Waals surface area contributed by atoms with E-state index in [-0.39, 0.29) is 5.56 Å². The predicted octanol–water partition coefficient (Wildman–Crippen LogP) is 2.76. The van der Waals surface area contributed by atoms with Crippen molar-refractivity contribution in [2.45, 2.75) is 26.7 Å². The first-order valence-electron chi connectivity index (χ1n) is 6.90. The number of aryl methyl sites for hydroxylation is 1. The number of H-pyrrole nitrogens is 1. The van der Waals surface area contributed by atoms with Crippen molar-refractivity contribution in [3.8, 4) is 11.3 Å². The maximum absolute atomic E-state index is 12.0. The van der Waals surface area contributed by atoms with Crippen molar-refractivity contribution in [1.29, 1.82) is 0 Å². The molecule has 1 aromatic heterocycles. The minimum absolute atomic E-state index is 0.0462. The van der Waals surface area contributed by atoms with E-state index in [4.69, 9.17) is 0 Å². The number of rotatable bonds is 4. The Morgan fingerprint density at radius 2 is 1.85 bits per heavy atom. The summed E-state index contributed by atoms with van der Waals surface area (Å²) in [6.45, 7) is 3.89. The van der Waals surface area contributed by atoms with Crippen LogP contribution in [0.25, 0.3) is 11.3 Å². The number of benzene rings is 1. The maximum atomic E-state index is 12.0. The van der Waals surface area contributed by atoms with Crippen LogP contribution in [0.5, 0.6) is 0 Å². The molecule has 0 bridgehead atoms. The molecule has 0 aliphatic rings. The SMILES string of the molecule is CCCc1nc(-c2ccc(N(C)C)cc2)c(C)c(=O)[nH]1. The molecule has 106 valence electrons. The minimum Gasteiger partial charge on any atom is -0.378 e. The van der Waals surface area contributed by atoms with Gasteiger partial charge in [0.1, 0.15) is 5.82 Å². The van der Waals surface area contributed by atoms with Gasteiger partial charge >= 0.3 is 0 Å². The first-order chi connectivity index (χ1) is 9.52. The van der Waals surface area contributed by atoms with Gasteiger partial charge in [-0.05, 0) is 25.5 Å². The zero-order chi connectivity index (χ0) is 14.7. The highest BCUT2D eigenvalue weighted by molar-refractivity contribution is 5.65. The van der Waals surface area contributed by atoms with Gasteiger partial charge in [0.15, 0.2) is 0 Å². The Bertz CT molecular complexity index is 642. The van der Waals surface area contributed by atoms with Crippen LogP contribution in [0.4, 0.5) is 5.69 Å². The lowest BCUT2D eigenvalue weighted by molar-refractivity contribution is 0.823. The zero-order valence-corrected chi connectivity index (χ0v) is 12.5. The Labute approximate surface area is 119 Å². The fourth-order valence-electron chi connectivity index (χ4n) is 2.13. The van der Waals surface area contributed by atoms with Crippen molar-refractivity contribution >= 4 is 5.69 Å². The number of hydrogen-bond donors (Lipinski definition) is 1. The molecule has 1 heterocycles. The first-order valence-corrected chi connectivity index (χ1v) is 6.90. The van der Waals surface area contributed by atoms with Gasteiger partial charge < -0.3 is 9.88 Å². The van der Waals surface area contributed by atoms with Crippen LogP contribution in [-0.2, 0) is 6.42 Å². The molecule has 1 N–H and O–H groups in total. The summed E-state index contributed by atoms with van der Waals surface area (Å²) in [5.74, 6) is 0.759. The van der Waals surface area contributed by atoms with Crippen LogP contribution >= 0.6 is 0 Å². The number of aromatic nitrogens is 2. The lowest BCUT2D eigenvalue weighted by Gasteiger charge is -2.13. The monoisotopic (exact) mass is 271 g/mol. The minimum atomic E-state index is -0.0462. The van der Waals surface area contributed by atoms with Crippen LogP contribution in [0.1, 0.15) is 24.7 Å². The highest BCUT2D eigenvalue weighted by Gasteiger charge is 2.09. The van der Waals surface area contributed by atoms with Gasteiger partial charge in [-0.3, -0.25) is 4.79 Å². The van der Waals surface area contributed by atoms with E-state index < -0.39 is 0 Å². The molecule has 20 heavy (non-hydrogen) atoms. The Morgan fingerprint density at radius 1 is 1.20 bits per heavy atom. The lowest BCUT2D eigenvalue weighted by atomic mass is 10.1. The van der Waals surface area contributed by atoms with Gasteiger partial charge in [-0.25, -0.2) is 4.98 Å². The molecule has 1 aromatic carbocycles. The molecule has 0 radical (unpaired) electrons. The van der Waals surface area contributed by atoms with Gasteiger partial charge in [0.05, 0.1) is 5.69 Å². The van der Waals surface area contributed by atoms with E-state index in [0.717, 1.165) is 35.6 Å². The number of anilines is 1. The summed E-state index contributed by atoms with van der Waals surface area (Å²) >= 11 is 0. The fourth-order valence-corrected chi connectivity index (χ4v) is 2.13. The van der Waals surface area contributed by atoms with E-state index in [0.29, 0.717) is 5.56 Å². The van der Waals surface area contributed by atoms with Crippen molar-refractivity contribution in [3.05, 3.63) is 46.0 Å². The molecule has 4 heteroatoms. The summed E-state index contributed by atoms with van der Waals surface area (Å²) in [5, 5.41) is 0. The summed E-state index contributed by atoms with van der Waals surface area (Å²) < 4.78 is 0. The summed E-state index contributed by atoms with van der Waals surface area (Å²) in [7, 11) is 4.01. The molecule has 0 spiro atoms. The molecule has 2 aromatic rings. The summed E-state index contributed by atoms with van der Waals surface area (Å²) in [6, 6.07) is 8.11. The van der Waals surface area contributed by atoms with Gasteiger partial charge in [-0.1, -0.05) is 19.1 Å². The molecule has 0 amide bonds. The Kier molecular flexibility index (Phi) is 4.23. The van der Waals surface area contributed by atoms with Gasteiger partial charge in [0.25, 0.3) is 5.56 Å². The fraction of sp³-hybridized carbons (Fsp3) is 0.375. The van der Waals surface area contributed by atoms with Crippen LogP contribution in [0, 0.1) is 6.92 Å². The number of aromatic amines is 1. The van der Waals surface area contributed by atoms with Gasteiger partial charge in [-0.15, -0.1) is 0 Å². The number of hydrogen-bond acceptors (Lipinski definition) is 3. The standard InChI is InChI=1S/C16H21N3O/c1-5-6-14-17-15(11(2)16(20)18-14)12-7-9-13(10-8-12)19(3)4/h7-10H,5-6H2,1-4H3,(H,17,18,20). The van der Waals surface area contributed by atoms with Crippen molar-refractivity contribution in [3.63, 3.8) is 0 Å². The van der Waals surface area contributed by atoms with Crippen molar-refractivity contribution in [1.82, 2.24) is 9.97 Å². The van der Waals surface area contributed by atoms with Gasteiger partial charge in [-0.2, -0.15) is 0 Å². The Morgan fingerprint density at radius 3 is 2.40 bits per heavy atom. The van der Waals surface area contributed by atoms with E-state index in [9.17, 15) is 4.79 Å². The molecule has 0 saturated heterocycles. The molecule has 0 saturated carbocycles. The molecule has 0 aliphatic carbocycles. The number of nitrogens with zero attached hydrogens (tertiary/aromatic N) is 2. The second kappa shape index (κ2) is 5.90. The van der Waals surface area contributed by atoms with Gasteiger partial charge in [0, 0.05) is 37.3 Å².